The van der Waals surface area contributed by atoms with Crippen molar-refractivity contribution in [1.29, 1.82) is 0 Å². The van der Waals surface area contributed by atoms with Crippen LogP contribution in [0.25, 0.3) is 10.8 Å². The molecule has 6 aliphatic rings. The minimum Gasteiger partial charge on any atom is -0.504 e. The van der Waals surface area contributed by atoms with Crippen molar-refractivity contribution in [3.63, 3.8) is 0 Å². The fourth-order valence-corrected chi connectivity index (χ4v) is 9.39. The molecule has 7 atom stereocenters. The van der Waals surface area contributed by atoms with E-state index < -0.39 is 29.7 Å². The normalized spacial score (nSPS) is 34.8. The highest BCUT2D eigenvalue weighted by Crippen LogP contribution is 2.65. The van der Waals surface area contributed by atoms with Gasteiger partial charge in [0, 0.05) is 49.1 Å². The van der Waals surface area contributed by atoms with Gasteiger partial charge < -0.3 is 34.5 Å². The van der Waals surface area contributed by atoms with E-state index in [1.165, 1.54) is 12.8 Å². The van der Waals surface area contributed by atoms with E-state index in [1.807, 2.05) is 36.4 Å². The van der Waals surface area contributed by atoms with E-state index in [0.29, 0.717) is 24.2 Å². The van der Waals surface area contributed by atoms with Crippen LogP contribution in [0.2, 0.25) is 0 Å². The molecule has 3 aliphatic carbocycles. The van der Waals surface area contributed by atoms with Crippen molar-refractivity contribution in [3.05, 3.63) is 70.3 Å². The molecule has 9 nitrogen and oxygen atoms in total. The minimum atomic E-state index is -0.985. The third-order valence-electron chi connectivity index (χ3n) is 11.6. The van der Waals surface area contributed by atoms with Gasteiger partial charge in [0.25, 0.3) is 5.91 Å². The molecule has 3 heterocycles. The number of nitrogens with zero attached hydrogens (tertiary/aromatic N) is 1. The van der Waals surface area contributed by atoms with Crippen LogP contribution in [-0.4, -0.2) is 72.1 Å². The summed E-state index contributed by atoms with van der Waals surface area (Å²) in [5.41, 5.74) is 2.82. The maximum Gasteiger partial charge on any atom is 0.251 e. The number of methoxy groups -OCH3 is 2. The summed E-state index contributed by atoms with van der Waals surface area (Å²) in [6.07, 6.45) is 3.70. The lowest BCUT2D eigenvalue weighted by atomic mass is 9.48. The van der Waals surface area contributed by atoms with Crippen molar-refractivity contribution >= 4 is 16.7 Å². The fraction of sp³-hybridized carbons (Fsp3) is 0.514. The van der Waals surface area contributed by atoms with Crippen LogP contribution in [0, 0.1) is 5.92 Å². The molecule has 1 spiro atoms. The Bertz CT molecular complexity index is 1710. The number of likely N-dealkylation sites (tertiary alicyclic amines) is 1. The Labute approximate surface area is 256 Å². The highest BCUT2D eigenvalue weighted by molar-refractivity contribution is 5.99. The van der Waals surface area contributed by atoms with Crippen molar-refractivity contribution in [1.82, 2.24) is 10.2 Å². The van der Waals surface area contributed by atoms with Gasteiger partial charge in [-0.3, -0.25) is 9.69 Å². The molecule has 2 unspecified atom stereocenters. The van der Waals surface area contributed by atoms with Crippen LogP contribution in [0.5, 0.6) is 11.5 Å². The average Bonchev–Trinajstić information content (AvgIpc) is 3.67. The van der Waals surface area contributed by atoms with E-state index in [2.05, 4.69) is 10.2 Å². The maximum absolute atomic E-state index is 13.9. The average molecular weight is 599 g/mol. The summed E-state index contributed by atoms with van der Waals surface area (Å²) >= 11 is 0. The molecule has 2 bridgehead atoms. The van der Waals surface area contributed by atoms with Crippen LogP contribution in [-0.2, 0) is 26.0 Å². The Morgan fingerprint density at radius 2 is 1.80 bits per heavy atom. The van der Waals surface area contributed by atoms with E-state index in [-0.39, 0.29) is 23.7 Å². The highest BCUT2D eigenvalue weighted by Gasteiger charge is 2.73. The lowest BCUT2D eigenvalue weighted by molar-refractivity contribution is -0.217. The molecule has 3 fully saturated rings. The number of rotatable bonds is 6. The molecule has 9 rings (SSSR count). The summed E-state index contributed by atoms with van der Waals surface area (Å²) in [6, 6.07) is 13.1. The van der Waals surface area contributed by atoms with E-state index >= 15 is 0 Å². The molecular formula is C35H38N2O7. The summed E-state index contributed by atoms with van der Waals surface area (Å²) in [4.78, 5) is 16.4. The smallest absolute Gasteiger partial charge is 0.251 e. The summed E-state index contributed by atoms with van der Waals surface area (Å²) in [7, 11) is 3.21. The third-order valence-corrected chi connectivity index (χ3v) is 11.6. The molecule has 3 aromatic rings. The third kappa shape index (κ3) is 3.56. The van der Waals surface area contributed by atoms with Gasteiger partial charge in [0.15, 0.2) is 24.1 Å². The number of carbonyl (C=O) groups excluding carboxylic acids is 1. The summed E-state index contributed by atoms with van der Waals surface area (Å²) in [5, 5.41) is 28.8. The first kappa shape index (κ1) is 27.1. The lowest BCUT2D eigenvalue weighted by Crippen LogP contribution is -2.78. The Hall–Kier alpha value is -3.21. The number of hydrogen-bond donors (Lipinski definition) is 3. The molecule has 0 aromatic heterocycles. The Morgan fingerprint density at radius 3 is 2.55 bits per heavy atom. The van der Waals surface area contributed by atoms with E-state index in [9.17, 15) is 15.0 Å². The first-order valence-corrected chi connectivity index (χ1v) is 15.9. The van der Waals surface area contributed by atoms with Gasteiger partial charge in [-0.25, -0.2) is 0 Å². The van der Waals surface area contributed by atoms with Gasteiger partial charge in [0.1, 0.15) is 6.10 Å². The van der Waals surface area contributed by atoms with E-state index in [4.69, 9.17) is 18.9 Å². The van der Waals surface area contributed by atoms with Crippen molar-refractivity contribution < 1.29 is 34.0 Å². The van der Waals surface area contributed by atoms with Crippen LogP contribution in [0.3, 0.4) is 0 Å². The lowest BCUT2D eigenvalue weighted by Gasteiger charge is -2.64. The van der Waals surface area contributed by atoms with Gasteiger partial charge >= 0.3 is 0 Å². The minimum absolute atomic E-state index is 0.00224. The molecule has 2 saturated carbocycles. The Kier molecular flexibility index (Phi) is 5.80. The number of aliphatic hydroxyl groups is 1. The Balaban J connectivity index is 1.05. The number of phenols is 1. The van der Waals surface area contributed by atoms with Gasteiger partial charge in [-0.15, -0.1) is 0 Å². The van der Waals surface area contributed by atoms with Crippen molar-refractivity contribution in [2.75, 3.05) is 27.3 Å². The van der Waals surface area contributed by atoms with Gasteiger partial charge in [-0.2, -0.15) is 0 Å². The Morgan fingerprint density at radius 1 is 1.02 bits per heavy atom. The second-order valence-electron chi connectivity index (χ2n) is 13.7. The molecule has 3 N–H and O–H groups in total. The molecule has 3 aliphatic heterocycles. The number of hydrogen-bond acceptors (Lipinski definition) is 8. The highest BCUT2D eigenvalue weighted by atomic mass is 16.8. The molecule has 44 heavy (non-hydrogen) atoms. The first-order chi connectivity index (χ1) is 21.3. The fourth-order valence-electron chi connectivity index (χ4n) is 9.39. The van der Waals surface area contributed by atoms with Crippen LogP contribution in [0.4, 0.5) is 0 Å². The molecule has 1 amide bonds. The number of amides is 1. The van der Waals surface area contributed by atoms with Gasteiger partial charge in [0.2, 0.25) is 0 Å². The molecule has 3 aromatic carbocycles. The topological polar surface area (TPSA) is 110 Å². The number of phenolic OH excluding ortho intramolecular Hbond substituents is 1. The monoisotopic (exact) mass is 598 g/mol. The number of nitrogens with one attached hydrogen (secondary N) is 1. The first-order valence-electron chi connectivity index (χ1n) is 15.9. The van der Waals surface area contributed by atoms with Crippen LogP contribution in [0.1, 0.15) is 77.3 Å². The van der Waals surface area contributed by atoms with Gasteiger partial charge in [0.05, 0.1) is 17.1 Å². The molecule has 0 radical (unpaired) electrons. The molecule has 1 saturated heterocycles. The number of piperidine rings is 1. The van der Waals surface area contributed by atoms with Crippen LogP contribution >= 0.6 is 0 Å². The molecular weight excluding hydrogens is 560 g/mol. The predicted molar refractivity (Wildman–Crippen MR) is 161 cm³/mol. The quantitative estimate of drug-likeness (QED) is 0.387. The van der Waals surface area contributed by atoms with Crippen molar-refractivity contribution in [2.45, 2.75) is 80.3 Å². The van der Waals surface area contributed by atoms with Crippen molar-refractivity contribution in [3.8, 4) is 11.5 Å². The van der Waals surface area contributed by atoms with Crippen LogP contribution in [0.15, 0.2) is 42.5 Å². The van der Waals surface area contributed by atoms with Gasteiger partial charge in [-0.05, 0) is 97.7 Å². The largest absolute Gasteiger partial charge is 0.504 e. The summed E-state index contributed by atoms with van der Waals surface area (Å²) in [6.45, 7) is 1.91. The molecule has 230 valence electrons. The summed E-state index contributed by atoms with van der Waals surface area (Å²) < 4.78 is 23.5. The standard InChI is InChI=1S/C35H38N2O7/c1-41-32-23-14-19-5-6-21(13-22(19)15-24(23)33(42-2)44-32)31(39)36-25-9-10-35(40)27-16-20-7-8-26(38)29-28(20)34(35,30(25)43-29)11-12-37(27)17-18-3-4-18/h5-8,13-15,18,25,27,30,32-33,38,40H,3-4,9-12,16-17H2,1-2H3,(H,36,39)/t25-,27-,30+,32?,33?,34+,35-/m1/s1. The van der Waals surface area contributed by atoms with Crippen LogP contribution < -0.4 is 10.1 Å². The van der Waals surface area contributed by atoms with Gasteiger partial charge in [-0.1, -0.05) is 12.1 Å². The van der Waals surface area contributed by atoms with E-state index in [0.717, 1.165) is 64.9 Å². The number of fused-ring (bicyclic) bond motifs is 2. The predicted octanol–water partition coefficient (Wildman–Crippen LogP) is 4.23. The zero-order valence-corrected chi connectivity index (χ0v) is 25.0. The number of ether oxygens (including phenoxy) is 4. The van der Waals surface area contributed by atoms with Crippen molar-refractivity contribution in [2.24, 2.45) is 5.92 Å². The summed E-state index contributed by atoms with van der Waals surface area (Å²) in [5.74, 6) is 1.14. The number of benzene rings is 3. The zero-order chi connectivity index (χ0) is 30.0. The second-order valence-corrected chi connectivity index (χ2v) is 13.7. The van der Waals surface area contributed by atoms with E-state index in [1.54, 1.807) is 20.3 Å². The number of carbonyl (C=O) groups is 1. The molecule has 9 heteroatoms. The number of aromatic hydroxyl groups is 1. The maximum atomic E-state index is 13.9. The second kappa shape index (κ2) is 9.40. The SMILES string of the molecule is COC1OC(OC)c2cc3cc(C(=O)N[C@@H]4CC[C@@]5(O)[C@H]6Cc7ccc(O)c8c7[C@@]5(CCN6CC5CC5)[C@H]4O8)ccc3cc21. The zero-order valence-electron chi connectivity index (χ0n) is 25.0.